The van der Waals surface area contributed by atoms with E-state index in [9.17, 15) is 9.59 Å². The second-order valence-electron chi connectivity index (χ2n) is 6.12. The summed E-state index contributed by atoms with van der Waals surface area (Å²) in [5.74, 6) is 0.762. The first-order valence-electron chi connectivity index (χ1n) is 8.61. The predicted octanol–water partition coefficient (Wildman–Crippen LogP) is 2.27. The smallest absolute Gasteiger partial charge is 0.290 e. The maximum absolute atomic E-state index is 12.4. The molecular formula is C20H17N5O3. The van der Waals surface area contributed by atoms with Crippen molar-refractivity contribution >= 4 is 17.1 Å². The van der Waals surface area contributed by atoms with Crippen LogP contribution in [0.3, 0.4) is 0 Å². The third-order valence-corrected chi connectivity index (χ3v) is 4.23. The molecule has 4 rings (SSSR count). The summed E-state index contributed by atoms with van der Waals surface area (Å²) in [6.45, 7) is 0. The second kappa shape index (κ2) is 7.36. The molecule has 2 N–H and O–H groups in total. The molecule has 8 heteroatoms. The highest BCUT2D eigenvalue weighted by Crippen LogP contribution is 2.19. The molecule has 8 nitrogen and oxygen atoms in total. The molecule has 0 unspecified atom stereocenters. The van der Waals surface area contributed by atoms with Gasteiger partial charge in [-0.15, -0.1) is 0 Å². The maximum atomic E-state index is 12.4. The first kappa shape index (κ1) is 17.5. The zero-order valence-electron chi connectivity index (χ0n) is 15.0. The highest BCUT2D eigenvalue weighted by atomic mass is 16.5. The van der Waals surface area contributed by atoms with E-state index in [1.54, 1.807) is 37.4 Å². The van der Waals surface area contributed by atoms with Crippen molar-refractivity contribution in [2.75, 3.05) is 12.4 Å². The Labute approximate surface area is 159 Å². The number of amides is 1. The van der Waals surface area contributed by atoms with Crippen LogP contribution in [0.15, 0.2) is 65.5 Å². The van der Waals surface area contributed by atoms with E-state index in [4.69, 9.17) is 4.74 Å². The fourth-order valence-electron chi connectivity index (χ4n) is 2.85. The number of carbonyl (C=O) groups excluding carboxylic acids is 1. The van der Waals surface area contributed by atoms with Crippen LogP contribution in [0.5, 0.6) is 5.75 Å². The van der Waals surface area contributed by atoms with E-state index in [0.29, 0.717) is 28.5 Å². The van der Waals surface area contributed by atoms with Crippen LogP contribution in [0.4, 0.5) is 5.69 Å². The summed E-state index contributed by atoms with van der Waals surface area (Å²) in [4.78, 5) is 24.5. The lowest BCUT2D eigenvalue weighted by molar-refractivity contribution is -0.115. The molecular weight excluding hydrogens is 358 g/mol. The number of fused-ring (bicyclic) bond motifs is 1. The predicted molar refractivity (Wildman–Crippen MR) is 104 cm³/mol. The van der Waals surface area contributed by atoms with Gasteiger partial charge in [0.25, 0.3) is 5.56 Å². The zero-order valence-corrected chi connectivity index (χ0v) is 15.0. The Morgan fingerprint density at radius 2 is 1.89 bits per heavy atom. The molecule has 1 amide bonds. The van der Waals surface area contributed by atoms with Gasteiger partial charge in [-0.05, 0) is 30.3 Å². The van der Waals surface area contributed by atoms with Crippen LogP contribution in [0.2, 0.25) is 0 Å². The van der Waals surface area contributed by atoms with E-state index < -0.39 is 0 Å². The van der Waals surface area contributed by atoms with Gasteiger partial charge in [0, 0.05) is 11.3 Å². The number of aromatic nitrogens is 4. The minimum Gasteiger partial charge on any atom is -0.497 e. The Morgan fingerprint density at radius 3 is 2.61 bits per heavy atom. The molecule has 2 aromatic carbocycles. The molecule has 0 aliphatic rings. The van der Waals surface area contributed by atoms with Gasteiger partial charge in [-0.25, -0.2) is 9.61 Å². The monoisotopic (exact) mass is 375 g/mol. The number of methoxy groups -OCH3 is 1. The molecule has 0 spiro atoms. The molecule has 0 saturated heterocycles. The third-order valence-electron chi connectivity index (χ3n) is 4.23. The molecule has 0 fully saturated rings. The van der Waals surface area contributed by atoms with Gasteiger partial charge < -0.3 is 10.1 Å². The van der Waals surface area contributed by atoms with Crippen LogP contribution < -0.4 is 15.6 Å². The number of H-pyrrole nitrogens is 1. The third kappa shape index (κ3) is 3.48. The Morgan fingerprint density at radius 1 is 1.14 bits per heavy atom. The quantitative estimate of drug-likeness (QED) is 0.557. The molecule has 4 aromatic rings. The lowest BCUT2D eigenvalue weighted by atomic mass is 10.1. The van der Waals surface area contributed by atoms with Crippen molar-refractivity contribution in [1.29, 1.82) is 0 Å². The number of nitrogens with one attached hydrogen (secondary N) is 2. The van der Waals surface area contributed by atoms with Crippen molar-refractivity contribution < 1.29 is 9.53 Å². The first-order valence-corrected chi connectivity index (χ1v) is 8.61. The minimum atomic E-state index is -0.367. The van der Waals surface area contributed by atoms with Crippen molar-refractivity contribution in [3.05, 3.63) is 76.8 Å². The van der Waals surface area contributed by atoms with Gasteiger partial charge in [0.15, 0.2) is 5.82 Å². The summed E-state index contributed by atoms with van der Waals surface area (Å²) in [6.07, 6.45) is -0.0464. The van der Waals surface area contributed by atoms with E-state index in [1.165, 1.54) is 4.52 Å². The topological polar surface area (TPSA) is 101 Å². The fraction of sp³-hybridized carbons (Fsp3) is 0.100. The lowest BCUT2D eigenvalue weighted by Crippen LogP contribution is -2.22. The molecule has 0 saturated carbocycles. The summed E-state index contributed by atoms with van der Waals surface area (Å²) >= 11 is 0. The first-order chi connectivity index (χ1) is 13.6. The number of benzene rings is 2. The van der Waals surface area contributed by atoms with Gasteiger partial charge >= 0.3 is 0 Å². The van der Waals surface area contributed by atoms with Gasteiger partial charge in [0.05, 0.1) is 19.2 Å². The maximum Gasteiger partial charge on any atom is 0.290 e. The summed E-state index contributed by atoms with van der Waals surface area (Å²) in [7, 11) is 1.58. The highest BCUT2D eigenvalue weighted by molar-refractivity contribution is 5.92. The molecule has 2 aromatic heterocycles. The number of rotatable bonds is 5. The Balaban J connectivity index is 1.61. The number of ether oxygens (including phenoxy) is 1. The van der Waals surface area contributed by atoms with E-state index in [-0.39, 0.29) is 17.9 Å². The van der Waals surface area contributed by atoms with Crippen LogP contribution in [0.25, 0.3) is 16.8 Å². The van der Waals surface area contributed by atoms with Crippen molar-refractivity contribution in [2.24, 2.45) is 0 Å². The molecule has 0 radical (unpaired) electrons. The van der Waals surface area contributed by atoms with Gasteiger partial charge in [-0.3, -0.25) is 9.59 Å². The summed E-state index contributed by atoms with van der Waals surface area (Å²) in [5.41, 5.74) is 2.11. The lowest BCUT2D eigenvalue weighted by Gasteiger charge is -2.06. The van der Waals surface area contributed by atoms with Crippen LogP contribution in [0, 0.1) is 0 Å². The number of nitrogens with zero attached hydrogens (tertiary/aromatic N) is 3. The average molecular weight is 375 g/mol. The summed E-state index contributed by atoms with van der Waals surface area (Å²) < 4.78 is 6.51. The van der Waals surface area contributed by atoms with Crippen molar-refractivity contribution in [1.82, 2.24) is 19.8 Å². The molecule has 0 bridgehead atoms. The van der Waals surface area contributed by atoms with E-state index in [0.717, 1.165) is 5.56 Å². The summed E-state index contributed by atoms with van der Waals surface area (Å²) in [5, 5.41) is 13.7. The van der Waals surface area contributed by atoms with Crippen molar-refractivity contribution in [3.63, 3.8) is 0 Å². The van der Waals surface area contributed by atoms with E-state index >= 15 is 0 Å². The number of aromatic amines is 1. The second-order valence-corrected chi connectivity index (χ2v) is 6.12. The van der Waals surface area contributed by atoms with Crippen LogP contribution >= 0.6 is 0 Å². The average Bonchev–Trinajstić information content (AvgIpc) is 3.18. The zero-order chi connectivity index (χ0) is 19.5. The van der Waals surface area contributed by atoms with Crippen LogP contribution in [-0.4, -0.2) is 32.8 Å². The Bertz CT molecular complexity index is 1180. The standard InChI is InChI=1S/C20H17N5O3/c1-28-15-9-7-14(8-10-15)21-19(26)12-18-22-23-20(27)17-11-16(24-25(17)18)13-5-3-2-4-6-13/h2-11H,12H2,1H3,(H,21,26)(H,23,27). The molecule has 2 heterocycles. The van der Waals surface area contributed by atoms with Gasteiger partial charge in [-0.1, -0.05) is 30.3 Å². The Hall–Kier alpha value is -3.94. The number of hydrogen-bond acceptors (Lipinski definition) is 5. The SMILES string of the molecule is COc1ccc(NC(=O)Cc2n[nH]c(=O)c3cc(-c4ccccc4)nn23)cc1. The summed E-state index contributed by atoms with van der Waals surface area (Å²) in [6, 6.07) is 18.2. The van der Waals surface area contributed by atoms with Crippen LogP contribution in [-0.2, 0) is 11.2 Å². The number of hydrogen-bond donors (Lipinski definition) is 2. The van der Waals surface area contributed by atoms with E-state index in [1.807, 2.05) is 30.3 Å². The van der Waals surface area contributed by atoms with Crippen LogP contribution in [0.1, 0.15) is 5.82 Å². The van der Waals surface area contributed by atoms with Crippen molar-refractivity contribution in [3.8, 4) is 17.0 Å². The highest BCUT2D eigenvalue weighted by Gasteiger charge is 2.14. The fourth-order valence-corrected chi connectivity index (χ4v) is 2.85. The minimum absolute atomic E-state index is 0.0464. The van der Waals surface area contributed by atoms with Gasteiger partial charge in [0.2, 0.25) is 5.91 Å². The van der Waals surface area contributed by atoms with Gasteiger partial charge in [-0.2, -0.15) is 10.2 Å². The molecule has 0 aliphatic carbocycles. The molecule has 0 atom stereocenters. The molecule has 0 aliphatic heterocycles. The van der Waals surface area contributed by atoms with Crippen molar-refractivity contribution in [2.45, 2.75) is 6.42 Å². The molecule has 28 heavy (non-hydrogen) atoms. The van der Waals surface area contributed by atoms with E-state index in [2.05, 4.69) is 20.6 Å². The Kier molecular flexibility index (Phi) is 4.59. The normalized spacial score (nSPS) is 10.8. The number of anilines is 1. The number of carbonyl (C=O) groups is 1. The largest absolute Gasteiger partial charge is 0.497 e. The molecule has 140 valence electrons. The van der Waals surface area contributed by atoms with Gasteiger partial charge in [0.1, 0.15) is 11.3 Å².